The summed E-state index contributed by atoms with van der Waals surface area (Å²) in [6.07, 6.45) is -6.61. The van der Waals surface area contributed by atoms with Gasteiger partial charge in [-0.05, 0) is 0 Å². The molecule has 0 radical (unpaired) electrons. The van der Waals surface area contributed by atoms with Crippen molar-refractivity contribution in [2.24, 2.45) is 0 Å². The molecule has 14 heteroatoms. The first-order chi connectivity index (χ1) is 13.5. The van der Waals surface area contributed by atoms with Gasteiger partial charge in [-0.25, -0.2) is 4.79 Å². The second-order valence-corrected chi connectivity index (χ2v) is 5.22. The first-order valence-corrected chi connectivity index (χ1v) is 8.28. The summed E-state index contributed by atoms with van der Waals surface area (Å²) in [6, 6.07) is 0. The average molecular weight is 448 g/mol. The van der Waals surface area contributed by atoms with Crippen molar-refractivity contribution in [2.75, 3.05) is 73.2 Å². The van der Waals surface area contributed by atoms with Crippen LogP contribution in [0.1, 0.15) is 0 Å². The molecular formula is C15H23F7O7. The minimum absolute atomic E-state index is 0.0595. The third kappa shape index (κ3) is 10.4. The number of methoxy groups -OCH3 is 1. The van der Waals surface area contributed by atoms with Crippen molar-refractivity contribution >= 4 is 5.97 Å². The lowest BCUT2D eigenvalue weighted by Gasteiger charge is -2.26. The Balaban J connectivity index is 3.67. The van der Waals surface area contributed by atoms with E-state index in [1.54, 1.807) is 7.11 Å². The molecule has 0 amide bonds. The highest BCUT2D eigenvalue weighted by Crippen LogP contribution is 2.46. The molecule has 0 aliphatic rings. The maximum absolute atomic E-state index is 12.9. The molecule has 174 valence electrons. The lowest BCUT2D eigenvalue weighted by atomic mass is 10.1. The minimum atomic E-state index is -6.61. The van der Waals surface area contributed by atoms with Crippen LogP contribution in [-0.4, -0.2) is 97.2 Å². The number of alkyl halides is 7. The number of carbonyl (C=O) groups is 1. The summed E-state index contributed by atoms with van der Waals surface area (Å²) in [5, 5.41) is 0. The van der Waals surface area contributed by atoms with Gasteiger partial charge in [0, 0.05) is 7.11 Å². The topological polar surface area (TPSA) is 72.5 Å². The van der Waals surface area contributed by atoms with Gasteiger partial charge >= 0.3 is 24.0 Å². The highest BCUT2D eigenvalue weighted by Gasteiger charge is 2.77. The first kappa shape index (κ1) is 27.8. The van der Waals surface area contributed by atoms with Crippen LogP contribution in [0.3, 0.4) is 0 Å². The summed E-state index contributed by atoms with van der Waals surface area (Å²) < 4.78 is 116. The van der Waals surface area contributed by atoms with Gasteiger partial charge in [-0.3, -0.25) is 0 Å². The Labute approximate surface area is 162 Å². The monoisotopic (exact) mass is 448 g/mol. The largest absolute Gasteiger partial charge is 0.460 e. The second-order valence-electron chi connectivity index (χ2n) is 5.22. The van der Waals surface area contributed by atoms with E-state index in [1.165, 1.54) is 0 Å². The van der Waals surface area contributed by atoms with Gasteiger partial charge in [-0.2, -0.15) is 30.7 Å². The molecule has 0 aliphatic heterocycles. The van der Waals surface area contributed by atoms with Crippen molar-refractivity contribution in [1.82, 2.24) is 0 Å². The van der Waals surface area contributed by atoms with Gasteiger partial charge in [-0.15, -0.1) is 0 Å². The molecule has 0 fully saturated rings. The van der Waals surface area contributed by atoms with Crippen LogP contribution in [0.2, 0.25) is 0 Å². The number of halogens is 7. The Hall–Kier alpha value is -1.22. The van der Waals surface area contributed by atoms with E-state index in [-0.39, 0.29) is 26.4 Å². The molecule has 0 N–H and O–H groups in total. The minimum Gasteiger partial charge on any atom is -0.459 e. The lowest BCUT2D eigenvalue weighted by molar-refractivity contribution is -0.348. The van der Waals surface area contributed by atoms with E-state index in [2.05, 4.69) is 4.74 Å². The zero-order valence-electron chi connectivity index (χ0n) is 15.6. The van der Waals surface area contributed by atoms with Gasteiger partial charge < -0.3 is 28.4 Å². The highest BCUT2D eigenvalue weighted by atomic mass is 19.4. The van der Waals surface area contributed by atoms with Gasteiger partial charge in [0.05, 0.1) is 59.5 Å². The van der Waals surface area contributed by atoms with Crippen molar-refractivity contribution in [3.8, 4) is 0 Å². The summed E-state index contributed by atoms with van der Waals surface area (Å²) in [7, 11) is 1.55. The highest BCUT2D eigenvalue weighted by molar-refractivity contribution is 5.79. The molecule has 0 saturated carbocycles. The predicted molar refractivity (Wildman–Crippen MR) is 82.1 cm³/mol. The fraction of sp³-hybridized carbons (Fsp3) is 0.933. The first-order valence-electron chi connectivity index (χ1n) is 8.28. The molecule has 0 heterocycles. The Morgan fingerprint density at radius 3 is 1.31 bits per heavy atom. The molecule has 0 atom stereocenters. The van der Waals surface area contributed by atoms with Gasteiger partial charge in [0.2, 0.25) is 0 Å². The van der Waals surface area contributed by atoms with Crippen LogP contribution in [0.15, 0.2) is 0 Å². The summed E-state index contributed by atoms with van der Waals surface area (Å²) >= 11 is 0. The molecule has 0 aliphatic carbocycles. The zero-order chi connectivity index (χ0) is 22.4. The molecule has 0 rings (SSSR count). The summed E-state index contributed by atoms with van der Waals surface area (Å²) in [6.45, 7) is 0.717. The molecule has 7 nitrogen and oxygen atoms in total. The van der Waals surface area contributed by atoms with Crippen LogP contribution >= 0.6 is 0 Å². The van der Waals surface area contributed by atoms with Gasteiger partial charge in [0.25, 0.3) is 0 Å². The third-order valence-electron chi connectivity index (χ3n) is 3.02. The predicted octanol–water partition coefficient (Wildman–Crippen LogP) is 2.08. The quantitative estimate of drug-likeness (QED) is 0.192. The molecule has 0 unspecified atom stereocenters. The van der Waals surface area contributed by atoms with Crippen LogP contribution in [0, 0.1) is 0 Å². The van der Waals surface area contributed by atoms with Crippen molar-refractivity contribution in [2.45, 2.75) is 18.0 Å². The Morgan fingerprint density at radius 1 is 0.621 bits per heavy atom. The zero-order valence-corrected chi connectivity index (χ0v) is 15.6. The molecular weight excluding hydrogens is 425 g/mol. The van der Waals surface area contributed by atoms with Crippen LogP contribution < -0.4 is 0 Å². The number of hydrogen-bond donors (Lipinski definition) is 0. The van der Waals surface area contributed by atoms with E-state index in [4.69, 9.17) is 23.7 Å². The van der Waals surface area contributed by atoms with E-state index in [0.717, 1.165) is 0 Å². The van der Waals surface area contributed by atoms with Crippen LogP contribution in [0.5, 0.6) is 0 Å². The average Bonchev–Trinajstić information content (AvgIpc) is 2.63. The molecule has 0 spiro atoms. The fourth-order valence-corrected chi connectivity index (χ4v) is 1.49. The smallest absolute Gasteiger partial charge is 0.459 e. The van der Waals surface area contributed by atoms with Crippen LogP contribution in [0.25, 0.3) is 0 Å². The maximum atomic E-state index is 12.9. The molecule has 0 aromatic heterocycles. The second kappa shape index (κ2) is 13.9. The SMILES string of the molecule is COCCOCCOCCOCCOCCOC(=O)C(F)(F)C(F)(F)C(F)(F)F. The molecule has 0 bridgehead atoms. The molecule has 0 saturated heterocycles. The molecule has 29 heavy (non-hydrogen) atoms. The number of hydrogen-bond acceptors (Lipinski definition) is 7. The van der Waals surface area contributed by atoms with E-state index in [9.17, 15) is 35.5 Å². The van der Waals surface area contributed by atoms with Crippen molar-refractivity contribution in [3.63, 3.8) is 0 Å². The fourth-order valence-electron chi connectivity index (χ4n) is 1.49. The maximum Gasteiger partial charge on any atom is 0.460 e. The number of carbonyl (C=O) groups excluding carboxylic acids is 1. The van der Waals surface area contributed by atoms with Gasteiger partial charge in [0.1, 0.15) is 6.61 Å². The third-order valence-corrected chi connectivity index (χ3v) is 3.02. The molecule has 0 aromatic carbocycles. The van der Waals surface area contributed by atoms with E-state index in [0.29, 0.717) is 26.4 Å². The van der Waals surface area contributed by atoms with Crippen LogP contribution in [-0.2, 0) is 33.2 Å². The Morgan fingerprint density at radius 2 is 0.966 bits per heavy atom. The van der Waals surface area contributed by atoms with Crippen molar-refractivity contribution < 1.29 is 63.9 Å². The Kier molecular flexibility index (Phi) is 13.3. The van der Waals surface area contributed by atoms with E-state index >= 15 is 0 Å². The summed E-state index contributed by atoms with van der Waals surface area (Å²) in [5.41, 5.74) is 0. The Bertz CT molecular complexity index is 447. The summed E-state index contributed by atoms with van der Waals surface area (Å²) in [5.74, 6) is -15.6. The van der Waals surface area contributed by atoms with Gasteiger partial charge in [-0.1, -0.05) is 0 Å². The van der Waals surface area contributed by atoms with Gasteiger partial charge in [0.15, 0.2) is 0 Å². The molecule has 0 aromatic rings. The van der Waals surface area contributed by atoms with Crippen molar-refractivity contribution in [3.05, 3.63) is 0 Å². The summed E-state index contributed by atoms with van der Waals surface area (Å²) in [4.78, 5) is 10.8. The van der Waals surface area contributed by atoms with Crippen molar-refractivity contribution in [1.29, 1.82) is 0 Å². The number of ether oxygens (including phenoxy) is 6. The standard InChI is InChI=1S/C15H23F7O7/c1-24-2-3-25-4-5-26-6-7-27-8-9-28-10-11-29-12(23)13(16,17)14(18,19)15(20,21)22/h2-11H2,1H3. The van der Waals surface area contributed by atoms with E-state index < -0.39 is 37.2 Å². The van der Waals surface area contributed by atoms with E-state index in [1.807, 2.05) is 0 Å². The van der Waals surface area contributed by atoms with Crippen LogP contribution in [0.4, 0.5) is 30.7 Å². The number of esters is 1. The lowest BCUT2D eigenvalue weighted by Crippen LogP contribution is -2.56. The normalized spacial score (nSPS) is 13.0. The number of rotatable bonds is 17.